The van der Waals surface area contributed by atoms with Gasteiger partial charge < -0.3 is 4.90 Å². The number of anilines is 1. The molecule has 0 heterocycles. The molecule has 0 bridgehead atoms. The molecule has 0 saturated heterocycles. The number of nitrogens with zero attached hydrogens (tertiary/aromatic N) is 1. The van der Waals surface area contributed by atoms with Crippen molar-refractivity contribution in [2.75, 3.05) is 18.0 Å². The van der Waals surface area contributed by atoms with E-state index in [0.717, 1.165) is 13.1 Å². The molecule has 0 amide bonds. The number of para-hydroxylation sites is 1. The largest absolute Gasteiger partial charge is 0.372 e. The fourth-order valence-electron chi connectivity index (χ4n) is 1.50. The summed E-state index contributed by atoms with van der Waals surface area (Å²) in [4.78, 5) is 2.32. The third-order valence-electron chi connectivity index (χ3n) is 2.24. The van der Waals surface area contributed by atoms with Crippen LogP contribution >= 0.6 is 24.0 Å². The van der Waals surface area contributed by atoms with Crippen LogP contribution in [-0.2, 0) is 5.88 Å². The lowest BCUT2D eigenvalue weighted by atomic mass is 10.2. The number of hydrogen-bond acceptors (Lipinski definition) is 1. The minimum atomic E-state index is 0. The van der Waals surface area contributed by atoms with E-state index in [4.69, 9.17) is 11.6 Å². The van der Waals surface area contributed by atoms with E-state index in [1.165, 1.54) is 11.3 Å². The molecule has 1 aromatic rings. The van der Waals surface area contributed by atoms with Crippen molar-refractivity contribution in [3.63, 3.8) is 0 Å². The quantitative estimate of drug-likeness (QED) is 0.718. The second-order valence-corrected chi connectivity index (χ2v) is 3.20. The van der Waals surface area contributed by atoms with E-state index in [2.05, 4.69) is 36.9 Å². The summed E-state index contributed by atoms with van der Waals surface area (Å²) in [7, 11) is 0. The van der Waals surface area contributed by atoms with Crippen LogP contribution in [0.1, 0.15) is 19.4 Å². The standard InChI is InChI=1S/C11H16ClN.ClH/c1-3-13(4-2)11-8-6-5-7-10(11)9-12;/h5-8H,3-4,9H2,1-2H3;1H. The van der Waals surface area contributed by atoms with Crippen LogP contribution in [-0.4, -0.2) is 13.1 Å². The Balaban J connectivity index is 0.00000169. The fraction of sp³-hybridized carbons (Fsp3) is 0.455. The highest BCUT2D eigenvalue weighted by atomic mass is 35.5. The minimum Gasteiger partial charge on any atom is -0.372 e. The molecule has 0 atom stereocenters. The van der Waals surface area contributed by atoms with Crippen LogP contribution in [0.3, 0.4) is 0 Å². The predicted molar refractivity (Wildman–Crippen MR) is 66.8 cm³/mol. The Morgan fingerprint density at radius 2 is 1.71 bits per heavy atom. The Hall–Kier alpha value is -0.400. The van der Waals surface area contributed by atoms with E-state index in [9.17, 15) is 0 Å². The van der Waals surface area contributed by atoms with Gasteiger partial charge in [0.2, 0.25) is 0 Å². The average Bonchev–Trinajstić information content (AvgIpc) is 2.20. The highest BCUT2D eigenvalue weighted by Crippen LogP contribution is 2.21. The van der Waals surface area contributed by atoms with Gasteiger partial charge in [0.25, 0.3) is 0 Å². The van der Waals surface area contributed by atoms with Crippen LogP contribution in [0.2, 0.25) is 0 Å². The summed E-state index contributed by atoms with van der Waals surface area (Å²) in [6.07, 6.45) is 0. The highest BCUT2D eigenvalue weighted by molar-refractivity contribution is 6.17. The minimum absolute atomic E-state index is 0. The van der Waals surface area contributed by atoms with Crippen molar-refractivity contribution >= 4 is 29.7 Å². The maximum atomic E-state index is 5.86. The van der Waals surface area contributed by atoms with E-state index in [1.54, 1.807) is 0 Å². The molecule has 0 saturated carbocycles. The lowest BCUT2D eigenvalue weighted by Crippen LogP contribution is -2.22. The topological polar surface area (TPSA) is 3.24 Å². The molecule has 0 aliphatic carbocycles. The zero-order chi connectivity index (χ0) is 9.68. The van der Waals surface area contributed by atoms with Gasteiger partial charge >= 0.3 is 0 Å². The van der Waals surface area contributed by atoms with Gasteiger partial charge in [0.05, 0.1) is 0 Å². The normalized spacial score (nSPS) is 9.36. The highest BCUT2D eigenvalue weighted by Gasteiger charge is 2.05. The molecule has 0 aliphatic rings. The van der Waals surface area contributed by atoms with Gasteiger partial charge in [0, 0.05) is 24.7 Å². The number of alkyl halides is 1. The van der Waals surface area contributed by atoms with Gasteiger partial charge in [-0.3, -0.25) is 0 Å². The Kier molecular flexibility index (Phi) is 6.77. The predicted octanol–water partition coefficient (Wildman–Crippen LogP) is 3.69. The lowest BCUT2D eigenvalue weighted by molar-refractivity contribution is 0.861. The van der Waals surface area contributed by atoms with E-state index < -0.39 is 0 Å². The van der Waals surface area contributed by atoms with Crippen LogP contribution in [0.4, 0.5) is 5.69 Å². The molecule has 0 fully saturated rings. The summed E-state index contributed by atoms with van der Waals surface area (Å²) in [6, 6.07) is 8.31. The first kappa shape index (κ1) is 13.6. The molecule has 0 aliphatic heterocycles. The van der Waals surface area contributed by atoms with Crippen LogP contribution < -0.4 is 4.90 Å². The van der Waals surface area contributed by atoms with Gasteiger partial charge in [-0.05, 0) is 25.5 Å². The van der Waals surface area contributed by atoms with Crippen LogP contribution in [0.5, 0.6) is 0 Å². The maximum absolute atomic E-state index is 5.86. The average molecular weight is 234 g/mol. The Morgan fingerprint density at radius 1 is 1.14 bits per heavy atom. The Bertz CT molecular complexity index is 259. The van der Waals surface area contributed by atoms with Crippen LogP contribution in [0, 0.1) is 0 Å². The van der Waals surface area contributed by atoms with Crippen LogP contribution in [0.15, 0.2) is 24.3 Å². The van der Waals surface area contributed by atoms with E-state index in [0.29, 0.717) is 5.88 Å². The van der Waals surface area contributed by atoms with Crippen molar-refractivity contribution < 1.29 is 0 Å². The molecule has 1 rings (SSSR count). The smallest absolute Gasteiger partial charge is 0.0494 e. The van der Waals surface area contributed by atoms with Gasteiger partial charge in [-0.15, -0.1) is 24.0 Å². The van der Waals surface area contributed by atoms with E-state index in [1.807, 2.05) is 6.07 Å². The van der Waals surface area contributed by atoms with Crippen molar-refractivity contribution in [3.8, 4) is 0 Å². The summed E-state index contributed by atoms with van der Waals surface area (Å²) < 4.78 is 0. The number of benzene rings is 1. The molecule has 1 aromatic carbocycles. The van der Waals surface area contributed by atoms with Gasteiger partial charge in [-0.2, -0.15) is 0 Å². The van der Waals surface area contributed by atoms with Gasteiger partial charge in [0.15, 0.2) is 0 Å². The molecule has 0 spiro atoms. The van der Waals surface area contributed by atoms with E-state index in [-0.39, 0.29) is 12.4 Å². The summed E-state index contributed by atoms with van der Waals surface area (Å²) in [5.74, 6) is 0.590. The zero-order valence-corrected chi connectivity index (χ0v) is 10.2. The fourth-order valence-corrected chi connectivity index (χ4v) is 1.72. The molecule has 14 heavy (non-hydrogen) atoms. The molecular weight excluding hydrogens is 217 g/mol. The third-order valence-corrected chi connectivity index (χ3v) is 2.53. The van der Waals surface area contributed by atoms with Gasteiger partial charge in [0.1, 0.15) is 0 Å². The molecule has 1 nitrogen and oxygen atoms in total. The molecule has 0 unspecified atom stereocenters. The molecule has 0 aromatic heterocycles. The molecule has 0 N–H and O–H groups in total. The summed E-state index contributed by atoms with van der Waals surface area (Å²) >= 11 is 5.86. The monoisotopic (exact) mass is 233 g/mol. The Labute approximate surface area is 97.5 Å². The number of hydrogen-bond donors (Lipinski definition) is 0. The molecule has 0 radical (unpaired) electrons. The lowest BCUT2D eigenvalue weighted by Gasteiger charge is -2.23. The molecule has 3 heteroatoms. The second-order valence-electron chi connectivity index (χ2n) is 2.93. The SMILES string of the molecule is CCN(CC)c1ccccc1CCl.Cl. The van der Waals surface area contributed by atoms with Crippen molar-refractivity contribution in [3.05, 3.63) is 29.8 Å². The first-order valence-electron chi connectivity index (χ1n) is 4.72. The number of rotatable bonds is 4. The van der Waals surface area contributed by atoms with Crippen LogP contribution in [0.25, 0.3) is 0 Å². The molecule has 80 valence electrons. The molecular formula is C11H17Cl2N. The van der Waals surface area contributed by atoms with Crippen molar-refractivity contribution in [1.29, 1.82) is 0 Å². The zero-order valence-electron chi connectivity index (χ0n) is 8.66. The second kappa shape index (κ2) is 6.97. The summed E-state index contributed by atoms with van der Waals surface area (Å²) in [6.45, 7) is 6.39. The Morgan fingerprint density at radius 3 is 2.21 bits per heavy atom. The van der Waals surface area contributed by atoms with E-state index >= 15 is 0 Å². The number of halogens is 2. The van der Waals surface area contributed by atoms with Gasteiger partial charge in [-0.1, -0.05) is 18.2 Å². The van der Waals surface area contributed by atoms with Crippen molar-refractivity contribution in [2.45, 2.75) is 19.7 Å². The van der Waals surface area contributed by atoms with Gasteiger partial charge in [-0.25, -0.2) is 0 Å². The first-order valence-corrected chi connectivity index (χ1v) is 5.25. The third kappa shape index (κ3) is 3.07. The summed E-state index contributed by atoms with van der Waals surface area (Å²) in [5, 5.41) is 0. The first-order chi connectivity index (χ1) is 6.33. The van der Waals surface area contributed by atoms with Crippen molar-refractivity contribution in [1.82, 2.24) is 0 Å². The summed E-state index contributed by atoms with van der Waals surface area (Å²) in [5.41, 5.74) is 2.48. The maximum Gasteiger partial charge on any atom is 0.0494 e. The van der Waals surface area contributed by atoms with Crippen molar-refractivity contribution in [2.24, 2.45) is 0 Å².